The molecule has 158 valence electrons. The average molecular weight is 414 g/mol. The molecule has 0 aliphatic carbocycles. The molecular formula is C17H21F3N6O3. The van der Waals surface area contributed by atoms with Gasteiger partial charge in [-0.3, -0.25) is 4.79 Å². The van der Waals surface area contributed by atoms with Gasteiger partial charge in [0, 0.05) is 32.3 Å². The minimum atomic E-state index is -4.46. The second-order valence-corrected chi connectivity index (χ2v) is 7.38. The number of carbonyl (C=O) groups excluding carboxylic acids is 1. The van der Waals surface area contributed by atoms with E-state index < -0.39 is 18.6 Å². The molecule has 12 heteroatoms. The number of ether oxygens (including phenoxy) is 1. The van der Waals surface area contributed by atoms with Gasteiger partial charge in [0.15, 0.2) is 17.0 Å². The Morgan fingerprint density at radius 1 is 1.31 bits per heavy atom. The van der Waals surface area contributed by atoms with Gasteiger partial charge < -0.3 is 24.2 Å². The SMILES string of the molecule is O=C1CN(c2ncnc3c2ncn3CC(CO)C2CCOC2)CN1CC(F)(F)F. The average Bonchev–Trinajstić information content (AvgIpc) is 3.39. The fourth-order valence-corrected chi connectivity index (χ4v) is 3.86. The zero-order valence-corrected chi connectivity index (χ0v) is 15.5. The lowest BCUT2D eigenvalue weighted by molar-refractivity contribution is -0.156. The zero-order valence-electron chi connectivity index (χ0n) is 15.5. The number of imidazole rings is 1. The van der Waals surface area contributed by atoms with Gasteiger partial charge in [0.2, 0.25) is 5.91 Å². The largest absolute Gasteiger partial charge is 0.406 e. The molecule has 1 N–H and O–H groups in total. The molecule has 2 unspecified atom stereocenters. The van der Waals surface area contributed by atoms with E-state index in [1.165, 1.54) is 11.2 Å². The third kappa shape index (κ3) is 4.13. The van der Waals surface area contributed by atoms with E-state index >= 15 is 0 Å². The predicted octanol–water partition coefficient (Wildman–Crippen LogP) is 0.640. The molecule has 4 rings (SSSR count). The summed E-state index contributed by atoms with van der Waals surface area (Å²) in [7, 11) is 0. The second-order valence-electron chi connectivity index (χ2n) is 7.38. The standard InChI is InChI=1S/C17H21F3N6O3/c18-17(19,20)7-26-10-25(4-13(26)28)16-14-15(21-8-22-16)24(9-23-14)3-12(5-27)11-1-2-29-6-11/h8-9,11-12,27H,1-7,10H2. The van der Waals surface area contributed by atoms with Gasteiger partial charge >= 0.3 is 6.18 Å². The highest BCUT2D eigenvalue weighted by molar-refractivity contribution is 5.90. The van der Waals surface area contributed by atoms with Crippen molar-refractivity contribution in [1.29, 1.82) is 0 Å². The number of hydrogen-bond acceptors (Lipinski definition) is 7. The summed E-state index contributed by atoms with van der Waals surface area (Å²) in [5.41, 5.74) is 0.919. The van der Waals surface area contributed by atoms with Gasteiger partial charge in [-0.1, -0.05) is 0 Å². The van der Waals surface area contributed by atoms with Crippen molar-refractivity contribution < 1.29 is 27.8 Å². The fraction of sp³-hybridized carbons (Fsp3) is 0.647. The van der Waals surface area contributed by atoms with Gasteiger partial charge in [-0.15, -0.1) is 0 Å². The molecule has 0 saturated carbocycles. The third-order valence-electron chi connectivity index (χ3n) is 5.37. The summed E-state index contributed by atoms with van der Waals surface area (Å²) in [6, 6.07) is 0. The first-order valence-electron chi connectivity index (χ1n) is 9.29. The van der Waals surface area contributed by atoms with Gasteiger partial charge in [0.25, 0.3) is 0 Å². The molecule has 29 heavy (non-hydrogen) atoms. The number of nitrogens with zero attached hydrogens (tertiary/aromatic N) is 6. The summed E-state index contributed by atoms with van der Waals surface area (Å²) in [6.07, 6.45) is -0.702. The minimum absolute atomic E-state index is 0.00132. The summed E-state index contributed by atoms with van der Waals surface area (Å²) in [5.74, 6) is -0.0820. The van der Waals surface area contributed by atoms with Gasteiger partial charge in [-0.2, -0.15) is 13.2 Å². The molecule has 2 aromatic rings. The second kappa shape index (κ2) is 7.75. The highest BCUT2D eigenvalue weighted by Crippen LogP contribution is 2.28. The number of aliphatic hydroxyl groups is 1. The zero-order chi connectivity index (χ0) is 20.6. The molecule has 2 fully saturated rings. The Hall–Kier alpha value is -2.47. The molecule has 2 aromatic heterocycles. The van der Waals surface area contributed by atoms with Gasteiger partial charge in [0.05, 0.1) is 13.0 Å². The summed E-state index contributed by atoms with van der Waals surface area (Å²) in [5, 5.41) is 9.77. The topological polar surface area (TPSA) is 96.6 Å². The summed E-state index contributed by atoms with van der Waals surface area (Å²) in [6.45, 7) is 0.0459. The molecule has 2 atom stereocenters. The van der Waals surface area contributed by atoms with E-state index in [4.69, 9.17) is 4.74 Å². The van der Waals surface area contributed by atoms with Crippen LogP contribution in [0.3, 0.4) is 0 Å². The first-order chi connectivity index (χ1) is 13.9. The summed E-state index contributed by atoms with van der Waals surface area (Å²) < 4.78 is 45.2. The molecule has 0 aromatic carbocycles. The van der Waals surface area contributed by atoms with Crippen LogP contribution in [0.15, 0.2) is 12.7 Å². The fourth-order valence-electron chi connectivity index (χ4n) is 3.86. The van der Waals surface area contributed by atoms with Gasteiger partial charge in [-0.05, 0) is 12.3 Å². The minimum Gasteiger partial charge on any atom is -0.396 e. The maximum Gasteiger partial charge on any atom is 0.406 e. The van der Waals surface area contributed by atoms with Crippen molar-refractivity contribution in [2.75, 3.05) is 44.5 Å². The highest BCUT2D eigenvalue weighted by atomic mass is 19.4. The first kappa shape index (κ1) is 19.8. The van der Waals surface area contributed by atoms with E-state index in [-0.39, 0.29) is 31.7 Å². The molecule has 0 bridgehead atoms. The van der Waals surface area contributed by atoms with Crippen LogP contribution in [0.4, 0.5) is 19.0 Å². The monoisotopic (exact) mass is 414 g/mol. The van der Waals surface area contributed by atoms with E-state index in [0.717, 1.165) is 11.3 Å². The maximum absolute atomic E-state index is 12.7. The lowest BCUT2D eigenvalue weighted by Crippen LogP contribution is -2.36. The Morgan fingerprint density at radius 2 is 2.14 bits per heavy atom. The Morgan fingerprint density at radius 3 is 2.83 bits per heavy atom. The maximum atomic E-state index is 12.7. The number of fused-ring (bicyclic) bond motifs is 1. The normalized spacial score (nSPS) is 21.5. The molecule has 1 amide bonds. The van der Waals surface area contributed by atoms with Gasteiger partial charge in [0.1, 0.15) is 19.4 Å². The van der Waals surface area contributed by atoms with E-state index in [2.05, 4.69) is 15.0 Å². The Bertz CT molecular complexity index is 883. The van der Waals surface area contributed by atoms with Crippen LogP contribution in [0, 0.1) is 11.8 Å². The number of alkyl halides is 3. The Labute approximate surface area is 164 Å². The Kier molecular flexibility index (Phi) is 5.30. The molecule has 0 radical (unpaired) electrons. The van der Waals surface area contributed by atoms with E-state index in [9.17, 15) is 23.1 Å². The van der Waals surface area contributed by atoms with Crippen LogP contribution in [0.2, 0.25) is 0 Å². The van der Waals surface area contributed by atoms with Crippen molar-refractivity contribution in [2.24, 2.45) is 11.8 Å². The van der Waals surface area contributed by atoms with Crippen LogP contribution in [0.5, 0.6) is 0 Å². The van der Waals surface area contributed by atoms with Gasteiger partial charge in [-0.25, -0.2) is 15.0 Å². The molecule has 9 nitrogen and oxygen atoms in total. The molecular weight excluding hydrogens is 393 g/mol. The summed E-state index contributed by atoms with van der Waals surface area (Å²) in [4.78, 5) is 26.9. The molecule has 2 aliphatic heterocycles. The first-order valence-corrected chi connectivity index (χ1v) is 9.29. The molecule has 2 saturated heterocycles. The van der Waals surface area contributed by atoms with Crippen LogP contribution in [0.25, 0.3) is 11.2 Å². The van der Waals surface area contributed by atoms with E-state index in [1.807, 2.05) is 0 Å². The number of anilines is 1. The number of hydrogen-bond donors (Lipinski definition) is 1. The number of aromatic nitrogens is 4. The lowest BCUT2D eigenvalue weighted by Gasteiger charge is -2.21. The number of carbonyl (C=O) groups is 1. The van der Waals surface area contributed by atoms with Crippen LogP contribution in [0.1, 0.15) is 6.42 Å². The van der Waals surface area contributed by atoms with Crippen molar-refractivity contribution in [2.45, 2.75) is 19.1 Å². The number of aliphatic hydroxyl groups excluding tert-OH is 1. The number of rotatable bonds is 6. The van der Waals surface area contributed by atoms with E-state index in [0.29, 0.717) is 36.7 Å². The van der Waals surface area contributed by atoms with Crippen molar-refractivity contribution in [1.82, 2.24) is 24.4 Å². The van der Waals surface area contributed by atoms with Crippen molar-refractivity contribution in [3.63, 3.8) is 0 Å². The smallest absolute Gasteiger partial charge is 0.396 e. The van der Waals surface area contributed by atoms with Crippen LogP contribution in [-0.4, -0.2) is 81.2 Å². The van der Waals surface area contributed by atoms with Crippen molar-refractivity contribution >= 4 is 22.9 Å². The van der Waals surface area contributed by atoms with Crippen LogP contribution >= 0.6 is 0 Å². The lowest BCUT2D eigenvalue weighted by atomic mass is 9.92. The number of amides is 1. The molecule has 4 heterocycles. The molecule has 2 aliphatic rings. The summed E-state index contributed by atoms with van der Waals surface area (Å²) >= 11 is 0. The van der Waals surface area contributed by atoms with Crippen molar-refractivity contribution in [3.05, 3.63) is 12.7 Å². The van der Waals surface area contributed by atoms with Crippen LogP contribution < -0.4 is 4.90 Å². The Balaban J connectivity index is 1.55. The molecule has 0 spiro atoms. The van der Waals surface area contributed by atoms with E-state index in [1.54, 1.807) is 10.9 Å². The van der Waals surface area contributed by atoms with Crippen LogP contribution in [-0.2, 0) is 16.1 Å². The number of halogens is 3. The predicted molar refractivity (Wildman–Crippen MR) is 94.8 cm³/mol. The third-order valence-corrected chi connectivity index (χ3v) is 5.37. The quantitative estimate of drug-likeness (QED) is 0.741. The van der Waals surface area contributed by atoms with Crippen molar-refractivity contribution in [3.8, 4) is 0 Å². The highest BCUT2D eigenvalue weighted by Gasteiger charge is 2.38.